The van der Waals surface area contributed by atoms with Gasteiger partial charge in [-0.1, -0.05) is 36.4 Å². The van der Waals surface area contributed by atoms with Gasteiger partial charge in [-0.25, -0.2) is 4.79 Å². The number of amides is 1. The van der Waals surface area contributed by atoms with Gasteiger partial charge in [0.2, 0.25) is 0 Å². The molecule has 0 aliphatic carbocycles. The van der Waals surface area contributed by atoms with Crippen LogP contribution in [0.3, 0.4) is 0 Å². The molecule has 0 saturated heterocycles. The van der Waals surface area contributed by atoms with Crippen molar-refractivity contribution in [3.63, 3.8) is 0 Å². The SMILES string of the molecule is Nc1ccc2c(c1)N(C(=O)OCc1ccccc1)CC(N)C2. The lowest BCUT2D eigenvalue weighted by atomic mass is 9.98. The molecule has 0 saturated carbocycles. The lowest BCUT2D eigenvalue weighted by Crippen LogP contribution is -2.46. The molecule has 0 fully saturated rings. The maximum absolute atomic E-state index is 12.4. The van der Waals surface area contributed by atoms with Crippen molar-refractivity contribution in [1.29, 1.82) is 0 Å². The third kappa shape index (κ3) is 3.04. The van der Waals surface area contributed by atoms with Crippen LogP contribution in [0.25, 0.3) is 0 Å². The molecular formula is C17H19N3O2. The molecular weight excluding hydrogens is 278 g/mol. The van der Waals surface area contributed by atoms with Gasteiger partial charge in [0, 0.05) is 18.3 Å². The van der Waals surface area contributed by atoms with E-state index in [4.69, 9.17) is 16.2 Å². The van der Waals surface area contributed by atoms with Crippen molar-refractivity contribution in [3.8, 4) is 0 Å². The zero-order valence-corrected chi connectivity index (χ0v) is 12.2. The number of hydrogen-bond acceptors (Lipinski definition) is 4. The molecule has 1 unspecified atom stereocenters. The molecule has 1 atom stereocenters. The van der Waals surface area contributed by atoms with Gasteiger partial charge in [-0.05, 0) is 29.7 Å². The van der Waals surface area contributed by atoms with Gasteiger partial charge < -0.3 is 16.2 Å². The minimum Gasteiger partial charge on any atom is -0.444 e. The number of nitrogens with two attached hydrogens (primary N) is 2. The lowest BCUT2D eigenvalue weighted by Gasteiger charge is -2.32. The number of nitrogen functional groups attached to an aromatic ring is 1. The number of benzene rings is 2. The van der Waals surface area contributed by atoms with Crippen molar-refractivity contribution in [2.75, 3.05) is 17.2 Å². The van der Waals surface area contributed by atoms with E-state index in [9.17, 15) is 4.79 Å². The van der Waals surface area contributed by atoms with E-state index in [1.165, 1.54) is 0 Å². The standard InChI is InChI=1S/C17H19N3O2/c18-14-7-6-13-8-15(19)10-20(16(13)9-14)17(21)22-11-12-4-2-1-3-5-12/h1-7,9,15H,8,10-11,18-19H2. The van der Waals surface area contributed by atoms with Crippen molar-refractivity contribution in [2.45, 2.75) is 19.1 Å². The fourth-order valence-corrected chi connectivity index (χ4v) is 2.65. The number of carbonyl (C=O) groups excluding carboxylic acids is 1. The Morgan fingerprint density at radius 3 is 2.77 bits per heavy atom. The maximum Gasteiger partial charge on any atom is 0.414 e. The number of anilines is 2. The normalized spacial score (nSPS) is 17.0. The summed E-state index contributed by atoms with van der Waals surface area (Å²) < 4.78 is 5.40. The second-order valence-corrected chi connectivity index (χ2v) is 5.50. The van der Waals surface area contributed by atoms with Gasteiger partial charge in [0.05, 0.1) is 5.69 Å². The lowest BCUT2D eigenvalue weighted by molar-refractivity contribution is 0.146. The molecule has 1 aliphatic rings. The van der Waals surface area contributed by atoms with E-state index >= 15 is 0 Å². The molecule has 0 aromatic heterocycles. The van der Waals surface area contributed by atoms with E-state index in [-0.39, 0.29) is 12.6 Å². The fraction of sp³-hybridized carbons (Fsp3) is 0.235. The van der Waals surface area contributed by atoms with Crippen molar-refractivity contribution in [1.82, 2.24) is 0 Å². The monoisotopic (exact) mass is 297 g/mol. The second kappa shape index (κ2) is 6.07. The van der Waals surface area contributed by atoms with Gasteiger partial charge in [0.15, 0.2) is 0 Å². The summed E-state index contributed by atoms with van der Waals surface area (Å²) in [5, 5.41) is 0. The minimum absolute atomic E-state index is 0.0969. The highest BCUT2D eigenvalue weighted by Crippen LogP contribution is 2.29. The van der Waals surface area contributed by atoms with Crippen LogP contribution in [0.15, 0.2) is 48.5 Å². The molecule has 5 nitrogen and oxygen atoms in total. The molecule has 5 heteroatoms. The number of carbonyl (C=O) groups is 1. The van der Waals surface area contributed by atoms with Crippen LogP contribution < -0.4 is 16.4 Å². The number of rotatable bonds is 2. The number of ether oxygens (including phenoxy) is 1. The highest BCUT2D eigenvalue weighted by atomic mass is 16.6. The Hall–Kier alpha value is -2.53. The summed E-state index contributed by atoms with van der Waals surface area (Å²) in [5.41, 5.74) is 15.3. The topological polar surface area (TPSA) is 81.6 Å². The molecule has 0 radical (unpaired) electrons. The number of fused-ring (bicyclic) bond motifs is 1. The molecule has 22 heavy (non-hydrogen) atoms. The number of nitrogens with zero attached hydrogens (tertiary/aromatic N) is 1. The van der Waals surface area contributed by atoms with Crippen molar-refractivity contribution >= 4 is 17.5 Å². The quantitative estimate of drug-likeness (QED) is 0.833. The minimum atomic E-state index is -0.397. The van der Waals surface area contributed by atoms with Gasteiger partial charge in [-0.15, -0.1) is 0 Å². The first-order valence-electron chi connectivity index (χ1n) is 7.25. The second-order valence-electron chi connectivity index (χ2n) is 5.50. The van der Waals surface area contributed by atoms with Gasteiger partial charge in [-0.2, -0.15) is 0 Å². The van der Waals surface area contributed by atoms with Crippen LogP contribution in [0.1, 0.15) is 11.1 Å². The van der Waals surface area contributed by atoms with Crippen LogP contribution in [-0.4, -0.2) is 18.7 Å². The van der Waals surface area contributed by atoms with Crippen LogP contribution in [0.4, 0.5) is 16.2 Å². The van der Waals surface area contributed by atoms with Gasteiger partial charge in [0.25, 0.3) is 0 Å². The summed E-state index contributed by atoms with van der Waals surface area (Å²) in [4.78, 5) is 14.0. The van der Waals surface area contributed by atoms with Crippen LogP contribution >= 0.6 is 0 Å². The van der Waals surface area contributed by atoms with Crippen molar-refractivity contribution < 1.29 is 9.53 Å². The fourth-order valence-electron chi connectivity index (χ4n) is 2.65. The highest BCUT2D eigenvalue weighted by molar-refractivity contribution is 5.90. The van der Waals surface area contributed by atoms with E-state index in [2.05, 4.69) is 0 Å². The molecule has 2 aromatic carbocycles. The Morgan fingerprint density at radius 1 is 1.23 bits per heavy atom. The largest absolute Gasteiger partial charge is 0.444 e. The summed E-state index contributed by atoms with van der Waals surface area (Å²) >= 11 is 0. The van der Waals surface area contributed by atoms with Crippen molar-refractivity contribution in [3.05, 3.63) is 59.7 Å². The molecule has 1 amide bonds. The summed E-state index contributed by atoms with van der Waals surface area (Å²) in [6.45, 7) is 0.674. The van der Waals surface area contributed by atoms with Crippen LogP contribution in [0.2, 0.25) is 0 Å². The first kappa shape index (κ1) is 14.4. The van der Waals surface area contributed by atoms with E-state index < -0.39 is 6.09 Å². The Bertz CT molecular complexity index is 673. The van der Waals surface area contributed by atoms with E-state index in [1.54, 1.807) is 11.0 Å². The Labute approximate surface area is 129 Å². The molecule has 0 spiro atoms. The summed E-state index contributed by atoms with van der Waals surface area (Å²) in [6, 6.07) is 15.0. The first-order chi connectivity index (χ1) is 10.6. The van der Waals surface area contributed by atoms with Gasteiger partial charge in [-0.3, -0.25) is 4.90 Å². The highest BCUT2D eigenvalue weighted by Gasteiger charge is 2.27. The predicted molar refractivity (Wildman–Crippen MR) is 86.5 cm³/mol. The molecule has 2 aromatic rings. The van der Waals surface area contributed by atoms with Gasteiger partial charge in [0.1, 0.15) is 6.61 Å². The Kier molecular flexibility index (Phi) is 3.98. The average molecular weight is 297 g/mol. The molecule has 0 bridgehead atoms. The number of hydrogen-bond donors (Lipinski definition) is 2. The summed E-state index contributed by atoms with van der Waals surface area (Å²) in [7, 11) is 0. The maximum atomic E-state index is 12.4. The molecule has 1 heterocycles. The smallest absolute Gasteiger partial charge is 0.414 e. The summed E-state index contributed by atoms with van der Waals surface area (Å²) in [5.74, 6) is 0. The van der Waals surface area contributed by atoms with Crippen LogP contribution in [0, 0.1) is 0 Å². The predicted octanol–water partition coefficient (Wildman–Crippen LogP) is 2.30. The Balaban J connectivity index is 1.76. The van der Waals surface area contributed by atoms with E-state index in [0.29, 0.717) is 12.2 Å². The van der Waals surface area contributed by atoms with Crippen LogP contribution in [-0.2, 0) is 17.8 Å². The van der Waals surface area contributed by atoms with Crippen molar-refractivity contribution in [2.24, 2.45) is 5.73 Å². The zero-order valence-electron chi connectivity index (χ0n) is 12.2. The molecule has 4 N–H and O–H groups in total. The third-order valence-corrected chi connectivity index (χ3v) is 3.72. The first-order valence-corrected chi connectivity index (χ1v) is 7.25. The average Bonchev–Trinajstić information content (AvgIpc) is 2.53. The Morgan fingerprint density at radius 2 is 2.00 bits per heavy atom. The van der Waals surface area contributed by atoms with E-state index in [0.717, 1.165) is 23.2 Å². The molecule has 114 valence electrons. The van der Waals surface area contributed by atoms with Gasteiger partial charge >= 0.3 is 6.09 Å². The zero-order chi connectivity index (χ0) is 15.5. The summed E-state index contributed by atoms with van der Waals surface area (Å²) in [6.07, 6.45) is 0.337. The molecule has 1 aliphatic heterocycles. The molecule has 3 rings (SSSR count). The van der Waals surface area contributed by atoms with E-state index in [1.807, 2.05) is 42.5 Å². The third-order valence-electron chi connectivity index (χ3n) is 3.72. The van der Waals surface area contributed by atoms with Crippen LogP contribution in [0.5, 0.6) is 0 Å².